The van der Waals surface area contributed by atoms with Gasteiger partial charge in [0.1, 0.15) is 34.2 Å². The number of carbonyl (C=O) groups excluding carboxylic acids is 4. The first-order valence-electron chi connectivity index (χ1n) is 20.6. The number of methoxy groups -OCH3 is 1. The number of pyridine rings is 2. The quantitative estimate of drug-likeness (QED) is 0.199. The second kappa shape index (κ2) is 17.0. The third-order valence-electron chi connectivity index (χ3n) is 12.4. The third kappa shape index (κ3) is 9.22. The first-order valence-corrected chi connectivity index (χ1v) is 22.5. The zero-order chi connectivity index (χ0) is 44.9. The van der Waals surface area contributed by atoms with Gasteiger partial charge >= 0.3 is 6.18 Å². The number of fused-ring (bicyclic) bond motifs is 1. The van der Waals surface area contributed by atoms with Gasteiger partial charge in [-0.2, -0.15) is 13.2 Å². The first kappa shape index (κ1) is 45.1. The molecule has 62 heavy (non-hydrogen) atoms. The van der Waals surface area contributed by atoms with Crippen LogP contribution in [0.2, 0.25) is 5.02 Å². The van der Waals surface area contributed by atoms with E-state index in [1.54, 1.807) is 63.4 Å². The topological polar surface area (TPSA) is 177 Å². The fourth-order valence-electron chi connectivity index (χ4n) is 8.41. The Morgan fingerprint density at radius 2 is 1.76 bits per heavy atom. The molecule has 4 heterocycles. The number of ether oxygens (including phenoxy) is 2. The second-order valence-corrected chi connectivity index (χ2v) is 20.0. The molecule has 7 rings (SSSR count). The van der Waals surface area contributed by atoms with E-state index in [1.165, 1.54) is 23.0 Å². The van der Waals surface area contributed by atoms with E-state index < -0.39 is 85.9 Å². The molecule has 2 N–H and O–H groups in total. The Bertz CT molecular complexity index is 2370. The Labute approximate surface area is 363 Å². The molecular weight excluding hydrogens is 853 g/mol. The van der Waals surface area contributed by atoms with Gasteiger partial charge in [-0.25, -0.2) is 13.4 Å². The van der Waals surface area contributed by atoms with Crippen LogP contribution in [0.5, 0.6) is 11.5 Å². The van der Waals surface area contributed by atoms with Crippen molar-refractivity contribution in [3.63, 3.8) is 0 Å². The van der Waals surface area contributed by atoms with Gasteiger partial charge in [0.15, 0.2) is 0 Å². The number of halogens is 4. The molecule has 3 aromatic rings. The van der Waals surface area contributed by atoms with Crippen molar-refractivity contribution in [2.24, 2.45) is 23.2 Å². The highest BCUT2D eigenvalue weighted by Gasteiger charge is 2.62. The Kier molecular flexibility index (Phi) is 12.3. The molecule has 14 nitrogen and oxygen atoms in total. The Morgan fingerprint density at radius 1 is 1.05 bits per heavy atom. The minimum absolute atomic E-state index is 0.0720. The Balaban J connectivity index is 1.21. The lowest BCUT2D eigenvalue weighted by atomic mass is 9.77. The number of carbonyl (C=O) groups is 4. The summed E-state index contributed by atoms with van der Waals surface area (Å²) >= 11 is 6.77. The molecule has 2 aliphatic carbocycles. The number of hydrogen-bond acceptors (Lipinski definition) is 10. The van der Waals surface area contributed by atoms with Crippen LogP contribution < -0.4 is 19.5 Å². The largest absolute Gasteiger partial charge is 0.495 e. The van der Waals surface area contributed by atoms with E-state index in [1.807, 2.05) is 0 Å². The van der Waals surface area contributed by atoms with E-state index in [-0.39, 0.29) is 56.8 Å². The summed E-state index contributed by atoms with van der Waals surface area (Å²) in [6.45, 7) is 8.68. The van der Waals surface area contributed by atoms with Crippen LogP contribution in [0.3, 0.4) is 0 Å². The zero-order valence-corrected chi connectivity index (χ0v) is 36.4. The van der Waals surface area contributed by atoms with Crippen LogP contribution in [0.25, 0.3) is 22.3 Å². The van der Waals surface area contributed by atoms with Crippen LogP contribution in [-0.4, -0.2) is 108 Å². The van der Waals surface area contributed by atoms with Gasteiger partial charge in [-0.3, -0.25) is 28.9 Å². The summed E-state index contributed by atoms with van der Waals surface area (Å²) in [6.07, 6.45) is -2.19. The maximum Gasteiger partial charge on any atom is 0.391 e. The molecule has 1 unspecified atom stereocenters. The van der Waals surface area contributed by atoms with Gasteiger partial charge in [-0.05, 0) is 61.8 Å². The van der Waals surface area contributed by atoms with E-state index in [2.05, 4.69) is 21.6 Å². The summed E-state index contributed by atoms with van der Waals surface area (Å²) in [4.78, 5) is 68.8. The molecular formula is C43H50ClF3N6O8S. The van der Waals surface area contributed by atoms with Crippen LogP contribution in [-0.2, 0) is 29.2 Å². The third-order valence-corrected chi connectivity index (χ3v) is 14.6. The van der Waals surface area contributed by atoms with Crippen LogP contribution in [0.4, 0.5) is 13.2 Å². The molecule has 19 heteroatoms. The fraction of sp³-hybridized carbons (Fsp3) is 0.535. The van der Waals surface area contributed by atoms with Crippen LogP contribution in [0.15, 0.2) is 55.3 Å². The van der Waals surface area contributed by atoms with Crippen molar-refractivity contribution < 1.29 is 50.2 Å². The minimum atomic E-state index is -4.37. The first-order chi connectivity index (χ1) is 29.2. The number of aromatic nitrogens is 2. The van der Waals surface area contributed by atoms with Crippen molar-refractivity contribution >= 4 is 56.2 Å². The lowest BCUT2D eigenvalue weighted by molar-refractivity contribution is -0.186. The van der Waals surface area contributed by atoms with E-state index in [9.17, 15) is 40.8 Å². The molecule has 2 aromatic heterocycles. The predicted octanol–water partition coefficient (Wildman–Crippen LogP) is 5.83. The number of likely N-dealkylation sites (tertiary alicyclic amines) is 2. The molecule has 1 aromatic carbocycles. The number of sulfonamides is 1. The monoisotopic (exact) mass is 902 g/mol. The maximum atomic E-state index is 14.9. The van der Waals surface area contributed by atoms with Crippen LogP contribution in [0, 0.1) is 23.2 Å². The predicted molar refractivity (Wildman–Crippen MR) is 223 cm³/mol. The Morgan fingerprint density at radius 3 is 2.34 bits per heavy atom. The average molecular weight is 903 g/mol. The molecule has 4 amide bonds. The lowest BCUT2D eigenvalue weighted by Crippen LogP contribution is -2.57. The zero-order valence-electron chi connectivity index (χ0n) is 34.8. The average Bonchev–Trinajstić information content (AvgIpc) is 4.16. The number of nitrogens with one attached hydrogen (secondary N) is 2. The van der Waals surface area contributed by atoms with Gasteiger partial charge in [-0.15, -0.1) is 6.58 Å². The van der Waals surface area contributed by atoms with E-state index in [0.717, 1.165) is 0 Å². The fourth-order valence-corrected chi connectivity index (χ4v) is 10.1. The summed E-state index contributed by atoms with van der Waals surface area (Å²) in [5.41, 5.74) is -1.26. The van der Waals surface area contributed by atoms with Gasteiger partial charge in [0.25, 0.3) is 5.91 Å². The Hall–Kier alpha value is -4.97. The number of alkyl halides is 3. The minimum Gasteiger partial charge on any atom is -0.495 e. The van der Waals surface area contributed by atoms with Gasteiger partial charge in [0, 0.05) is 49.5 Å². The number of piperidine rings is 1. The van der Waals surface area contributed by atoms with E-state index >= 15 is 0 Å². The molecule has 2 aliphatic heterocycles. The SMILES string of the molecule is C=CC1C[C@]1(NC(=O)[C@@H]1C[C@@H](Oc2cc(-c3ccccn3)nc3c(Cl)c(OC)ccc23)CN1C(=O)[C@@H](CC(=O)N1CCC(C(F)(F)F)CC1)C(C)(C)C)C(=O)NS(=O)(=O)C1CC1. The highest BCUT2D eigenvalue weighted by atomic mass is 35.5. The molecule has 5 atom stereocenters. The van der Waals surface area contributed by atoms with Gasteiger partial charge < -0.3 is 24.6 Å². The molecule has 2 saturated carbocycles. The maximum absolute atomic E-state index is 14.9. The van der Waals surface area contributed by atoms with E-state index in [4.69, 9.17) is 26.1 Å². The number of rotatable bonds is 13. The lowest BCUT2D eigenvalue weighted by Gasteiger charge is -2.37. The molecule has 0 bridgehead atoms. The van der Waals surface area contributed by atoms with Crippen LogP contribution in [0.1, 0.15) is 65.7 Å². The van der Waals surface area contributed by atoms with Gasteiger partial charge in [0.05, 0.1) is 47.6 Å². The number of nitrogens with zero attached hydrogens (tertiary/aromatic N) is 4. The summed E-state index contributed by atoms with van der Waals surface area (Å²) in [5, 5.41) is 2.78. The molecule has 0 radical (unpaired) electrons. The van der Waals surface area contributed by atoms with Crippen molar-refractivity contribution in [3.05, 3.63) is 60.3 Å². The standard InChI is InChI=1S/C43H50ClF3N6O8S/c1-6-24-22-42(24,40(57)51-62(58,59)27-10-11-27)50-38(55)32-19-26(61-34-21-31(30-9-7-8-16-48-30)49-37-28(34)12-13-33(60-5)36(37)44)23-53(32)39(56)29(41(2,3)4)20-35(54)52-17-14-25(15-18-52)43(45,46)47/h6-9,12-13,16,21,24-27,29,32H,1,10-11,14-15,17-20,22-23H2,2-5H3,(H,50,55)(H,51,57)/t24?,26-,29-,32+,42-/m1/s1. The van der Waals surface area contributed by atoms with Crippen molar-refractivity contribution in [3.8, 4) is 22.9 Å². The number of amides is 4. The van der Waals surface area contributed by atoms with Crippen molar-refractivity contribution in [2.45, 2.75) is 94.8 Å². The summed E-state index contributed by atoms with van der Waals surface area (Å²) in [7, 11) is -2.51. The smallest absolute Gasteiger partial charge is 0.391 e. The molecule has 2 saturated heterocycles. The van der Waals surface area contributed by atoms with Crippen molar-refractivity contribution in [2.75, 3.05) is 26.7 Å². The highest BCUT2D eigenvalue weighted by Crippen LogP contribution is 2.46. The van der Waals surface area contributed by atoms with Crippen LogP contribution >= 0.6 is 11.6 Å². The highest BCUT2D eigenvalue weighted by molar-refractivity contribution is 7.91. The number of hydrogen-bond donors (Lipinski definition) is 2. The molecule has 334 valence electrons. The summed E-state index contributed by atoms with van der Waals surface area (Å²) in [5.74, 6) is -5.20. The van der Waals surface area contributed by atoms with Crippen molar-refractivity contribution in [1.29, 1.82) is 0 Å². The molecule has 4 fully saturated rings. The molecule has 0 spiro atoms. The van der Waals surface area contributed by atoms with Crippen molar-refractivity contribution in [1.82, 2.24) is 29.8 Å². The van der Waals surface area contributed by atoms with Gasteiger partial charge in [-0.1, -0.05) is 44.5 Å². The second-order valence-electron chi connectivity index (χ2n) is 17.7. The summed E-state index contributed by atoms with van der Waals surface area (Å²) in [6, 6.07) is 9.06. The van der Waals surface area contributed by atoms with Gasteiger partial charge in [0.2, 0.25) is 27.7 Å². The summed E-state index contributed by atoms with van der Waals surface area (Å²) < 4.78 is 80.2. The van der Waals surface area contributed by atoms with E-state index in [0.29, 0.717) is 46.6 Å². The normalized spacial score (nSPS) is 23.7. The molecule has 4 aliphatic rings. The number of benzene rings is 1.